The summed E-state index contributed by atoms with van der Waals surface area (Å²) in [6.45, 7) is 3.93. The van der Waals surface area contributed by atoms with Crippen LogP contribution in [-0.4, -0.2) is 0 Å². The maximum absolute atomic E-state index is 5.77. The average Bonchev–Trinajstić information content (AvgIpc) is 2.22. The van der Waals surface area contributed by atoms with Gasteiger partial charge in [0, 0.05) is 17.4 Å². The van der Waals surface area contributed by atoms with E-state index in [9.17, 15) is 0 Å². The smallest absolute Gasteiger partial charge is 0.129 e. The van der Waals surface area contributed by atoms with Crippen LogP contribution in [0.3, 0.4) is 0 Å². The second-order valence-electron chi connectivity index (χ2n) is 4.20. The Morgan fingerprint density at radius 2 is 1.65 bits per heavy atom. The number of hydrogen-bond donors (Lipinski definition) is 2. The number of nitrogens with two attached hydrogens (primary N) is 2. The SMILES string of the molecule is Cc1cc(N)cc(Oc2ccc(N)c(C)c2)c1. The third-order valence-electron chi connectivity index (χ3n) is 2.55. The standard InChI is InChI=1S/C14H16N2O/c1-9-5-11(15)8-13(6-9)17-12-3-4-14(16)10(2)7-12/h3-8H,15-16H2,1-2H3. The molecule has 0 saturated heterocycles. The number of rotatable bonds is 2. The number of anilines is 2. The molecule has 2 rings (SSSR count). The summed E-state index contributed by atoms with van der Waals surface area (Å²) in [5, 5.41) is 0. The Morgan fingerprint density at radius 1 is 0.882 bits per heavy atom. The third-order valence-corrected chi connectivity index (χ3v) is 2.55. The van der Waals surface area contributed by atoms with Gasteiger partial charge < -0.3 is 16.2 Å². The number of aryl methyl sites for hydroxylation is 2. The Balaban J connectivity index is 2.28. The van der Waals surface area contributed by atoms with Crippen molar-refractivity contribution in [3.8, 4) is 11.5 Å². The van der Waals surface area contributed by atoms with Crippen molar-refractivity contribution in [2.45, 2.75) is 13.8 Å². The third kappa shape index (κ3) is 2.69. The zero-order valence-corrected chi connectivity index (χ0v) is 10.0. The fourth-order valence-electron chi connectivity index (χ4n) is 1.68. The molecule has 0 amide bonds. The second-order valence-corrected chi connectivity index (χ2v) is 4.20. The molecule has 0 radical (unpaired) electrons. The molecule has 2 aromatic rings. The van der Waals surface area contributed by atoms with Crippen LogP contribution in [0.25, 0.3) is 0 Å². The summed E-state index contributed by atoms with van der Waals surface area (Å²) in [5.41, 5.74) is 15.1. The summed E-state index contributed by atoms with van der Waals surface area (Å²) >= 11 is 0. The molecule has 3 heteroatoms. The van der Waals surface area contributed by atoms with Crippen molar-refractivity contribution in [1.82, 2.24) is 0 Å². The van der Waals surface area contributed by atoms with Crippen molar-refractivity contribution in [2.75, 3.05) is 11.5 Å². The number of benzene rings is 2. The lowest BCUT2D eigenvalue weighted by Gasteiger charge is -2.09. The Bertz CT molecular complexity index is 530. The predicted molar refractivity (Wildman–Crippen MR) is 71.3 cm³/mol. The minimum absolute atomic E-state index is 0.701. The van der Waals surface area contributed by atoms with Gasteiger partial charge in [-0.25, -0.2) is 0 Å². The lowest BCUT2D eigenvalue weighted by Crippen LogP contribution is -1.92. The van der Waals surface area contributed by atoms with E-state index in [-0.39, 0.29) is 0 Å². The van der Waals surface area contributed by atoms with Gasteiger partial charge in [-0.3, -0.25) is 0 Å². The van der Waals surface area contributed by atoms with E-state index in [4.69, 9.17) is 16.2 Å². The highest BCUT2D eigenvalue weighted by molar-refractivity contribution is 5.52. The molecule has 0 fully saturated rings. The van der Waals surface area contributed by atoms with Crippen molar-refractivity contribution in [2.24, 2.45) is 0 Å². The molecule has 3 nitrogen and oxygen atoms in total. The van der Waals surface area contributed by atoms with Gasteiger partial charge in [0.05, 0.1) is 0 Å². The van der Waals surface area contributed by atoms with E-state index < -0.39 is 0 Å². The zero-order valence-electron chi connectivity index (χ0n) is 10.0. The van der Waals surface area contributed by atoms with E-state index in [0.29, 0.717) is 5.69 Å². The summed E-state index contributed by atoms with van der Waals surface area (Å²) in [7, 11) is 0. The van der Waals surface area contributed by atoms with E-state index in [1.165, 1.54) is 0 Å². The first-order valence-corrected chi connectivity index (χ1v) is 5.46. The van der Waals surface area contributed by atoms with E-state index >= 15 is 0 Å². The second kappa shape index (κ2) is 4.37. The molecule has 88 valence electrons. The van der Waals surface area contributed by atoms with E-state index in [1.54, 1.807) is 6.07 Å². The van der Waals surface area contributed by atoms with Gasteiger partial charge in [0.2, 0.25) is 0 Å². The molecule has 0 heterocycles. The Hall–Kier alpha value is -2.16. The topological polar surface area (TPSA) is 61.3 Å². The first-order valence-electron chi connectivity index (χ1n) is 5.46. The van der Waals surface area contributed by atoms with Gasteiger partial charge in [0.15, 0.2) is 0 Å². The lowest BCUT2D eigenvalue weighted by atomic mass is 10.2. The van der Waals surface area contributed by atoms with Crippen LogP contribution in [0.4, 0.5) is 11.4 Å². The van der Waals surface area contributed by atoms with Crippen LogP contribution >= 0.6 is 0 Å². The summed E-state index contributed by atoms with van der Waals surface area (Å²) < 4.78 is 5.74. The highest BCUT2D eigenvalue weighted by Crippen LogP contribution is 2.26. The van der Waals surface area contributed by atoms with Crippen LogP contribution in [0.1, 0.15) is 11.1 Å². The molecule has 0 atom stereocenters. The van der Waals surface area contributed by atoms with E-state index in [2.05, 4.69) is 0 Å². The van der Waals surface area contributed by atoms with Gasteiger partial charge in [0.1, 0.15) is 11.5 Å². The van der Waals surface area contributed by atoms with Gasteiger partial charge in [-0.2, -0.15) is 0 Å². The highest BCUT2D eigenvalue weighted by atomic mass is 16.5. The molecule has 4 N–H and O–H groups in total. The van der Waals surface area contributed by atoms with Gasteiger partial charge >= 0.3 is 0 Å². The fraction of sp³-hybridized carbons (Fsp3) is 0.143. The molecule has 0 unspecified atom stereocenters. The molecule has 0 aliphatic heterocycles. The molecule has 0 aliphatic rings. The summed E-state index contributed by atoms with van der Waals surface area (Å²) in [4.78, 5) is 0. The molecular formula is C14H16N2O. The maximum Gasteiger partial charge on any atom is 0.129 e. The van der Waals surface area contributed by atoms with Gasteiger partial charge in [0.25, 0.3) is 0 Å². The molecular weight excluding hydrogens is 212 g/mol. The first-order chi connectivity index (χ1) is 8.04. The van der Waals surface area contributed by atoms with Crippen molar-refractivity contribution >= 4 is 11.4 Å². The Labute approximate surface area is 101 Å². The summed E-state index contributed by atoms with van der Waals surface area (Å²) in [6.07, 6.45) is 0. The predicted octanol–water partition coefficient (Wildman–Crippen LogP) is 3.26. The fourth-order valence-corrected chi connectivity index (χ4v) is 1.68. The van der Waals surface area contributed by atoms with E-state index in [1.807, 2.05) is 44.2 Å². The molecule has 0 spiro atoms. The first kappa shape index (κ1) is 11.3. The van der Waals surface area contributed by atoms with Crippen LogP contribution < -0.4 is 16.2 Å². The normalized spacial score (nSPS) is 10.2. The quantitative estimate of drug-likeness (QED) is 0.775. The van der Waals surface area contributed by atoms with Crippen LogP contribution in [0.2, 0.25) is 0 Å². The molecule has 0 aliphatic carbocycles. The Morgan fingerprint density at radius 3 is 2.29 bits per heavy atom. The van der Waals surface area contributed by atoms with E-state index in [0.717, 1.165) is 28.3 Å². The van der Waals surface area contributed by atoms with Crippen molar-refractivity contribution in [1.29, 1.82) is 0 Å². The van der Waals surface area contributed by atoms with Crippen molar-refractivity contribution < 1.29 is 4.74 Å². The largest absolute Gasteiger partial charge is 0.457 e. The minimum Gasteiger partial charge on any atom is -0.457 e. The molecule has 17 heavy (non-hydrogen) atoms. The van der Waals surface area contributed by atoms with Gasteiger partial charge in [-0.15, -0.1) is 0 Å². The number of nitrogen functional groups attached to an aromatic ring is 2. The highest BCUT2D eigenvalue weighted by Gasteiger charge is 2.01. The molecule has 0 aromatic heterocycles. The van der Waals surface area contributed by atoms with Crippen LogP contribution in [0.15, 0.2) is 36.4 Å². The number of ether oxygens (including phenoxy) is 1. The zero-order chi connectivity index (χ0) is 12.4. The average molecular weight is 228 g/mol. The van der Waals surface area contributed by atoms with Crippen LogP contribution in [0, 0.1) is 13.8 Å². The van der Waals surface area contributed by atoms with Crippen molar-refractivity contribution in [3.05, 3.63) is 47.5 Å². The van der Waals surface area contributed by atoms with Crippen LogP contribution in [-0.2, 0) is 0 Å². The number of hydrogen-bond acceptors (Lipinski definition) is 3. The van der Waals surface area contributed by atoms with Gasteiger partial charge in [-0.05, 0) is 55.3 Å². The Kier molecular flexibility index (Phi) is 2.91. The monoisotopic (exact) mass is 228 g/mol. The molecule has 2 aromatic carbocycles. The maximum atomic E-state index is 5.77. The lowest BCUT2D eigenvalue weighted by molar-refractivity contribution is 0.482. The summed E-state index contributed by atoms with van der Waals surface area (Å²) in [6, 6.07) is 11.3. The molecule has 0 bridgehead atoms. The van der Waals surface area contributed by atoms with Crippen molar-refractivity contribution in [3.63, 3.8) is 0 Å². The summed E-state index contributed by atoms with van der Waals surface area (Å²) in [5.74, 6) is 1.51. The minimum atomic E-state index is 0.701. The van der Waals surface area contributed by atoms with Crippen LogP contribution in [0.5, 0.6) is 11.5 Å². The van der Waals surface area contributed by atoms with Gasteiger partial charge in [-0.1, -0.05) is 0 Å². The molecule has 0 saturated carbocycles.